The molecule has 94 valence electrons. The number of rotatable bonds is 2. The van der Waals surface area contributed by atoms with Crippen LogP contribution >= 0.6 is 0 Å². The number of nitrogens with zero attached hydrogens (tertiary/aromatic N) is 2. The van der Waals surface area contributed by atoms with Gasteiger partial charge in [0.15, 0.2) is 0 Å². The molecule has 1 aliphatic carbocycles. The Labute approximate surface area is 110 Å². The molecule has 4 rings (SSSR count). The number of hydrogen-bond acceptors (Lipinski definition) is 3. The molecule has 1 unspecified atom stereocenters. The van der Waals surface area contributed by atoms with Crippen molar-refractivity contribution in [3.8, 4) is 0 Å². The van der Waals surface area contributed by atoms with Crippen molar-refractivity contribution in [3.05, 3.63) is 54.0 Å². The van der Waals surface area contributed by atoms with Gasteiger partial charge in [0.1, 0.15) is 11.5 Å². The first-order valence-corrected chi connectivity index (χ1v) is 6.54. The zero-order chi connectivity index (χ0) is 12.7. The number of fused-ring (bicyclic) bond motifs is 2. The van der Waals surface area contributed by atoms with Crippen molar-refractivity contribution in [1.82, 2.24) is 15.0 Å². The third-order valence-electron chi connectivity index (χ3n) is 3.69. The summed E-state index contributed by atoms with van der Waals surface area (Å²) < 4.78 is 0. The van der Waals surface area contributed by atoms with Crippen molar-refractivity contribution in [2.75, 3.05) is 5.32 Å². The monoisotopic (exact) mass is 250 g/mol. The van der Waals surface area contributed by atoms with Crippen molar-refractivity contribution in [2.24, 2.45) is 0 Å². The van der Waals surface area contributed by atoms with Crippen molar-refractivity contribution < 1.29 is 0 Å². The van der Waals surface area contributed by atoms with Crippen LogP contribution in [-0.4, -0.2) is 15.0 Å². The highest BCUT2D eigenvalue weighted by atomic mass is 15.1. The molecule has 3 aromatic rings. The van der Waals surface area contributed by atoms with E-state index in [1.54, 1.807) is 0 Å². The summed E-state index contributed by atoms with van der Waals surface area (Å²) in [7, 11) is 0. The Morgan fingerprint density at radius 2 is 2.21 bits per heavy atom. The minimum absolute atomic E-state index is 0.274. The number of H-pyrrole nitrogens is 1. The predicted molar refractivity (Wildman–Crippen MR) is 75.0 cm³/mol. The molecule has 0 bridgehead atoms. The molecule has 2 N–H and O–H groups in total. The molecule has 1 aliphatic rings. The van der Waals surface area contributed by atoms with Gasteiger partial charge in [-0.2, -0.15) is 0 Å². The van der Waals surface area contributed by atoms with Crippen LogP contribution in [0.15, 0.2) is 42.7 Å². The van der Waals surface area contributed by atoms with Crippen molar-refractivity contribution in [2.45, 2.75) is 18.9 Å². The lowest BCUT2D eigenvalue weighted by atomic mass is 10.2. The lowest BCUT2D eigenvalue weighted by Crippen LogP contribution is -2.09. The fourth-order valence-electron chi connectivity index (χ4n) is 2.74. The Bertz CT molecular complexity index is 732. The Morgan fingerprint density at radius 1 is 1.21 bits per heavy atom. The van der Waals surface area contributed by atoms with Crippen LogP contribution < -0.4 is 5.32 Å². The topological polar surface area (TPSA) is 53.6 Å². The largest absolute Gasteiger partial charge is 0.362 e. The van der Waals surface area contributed by atoms with Crippen molar-refractivity contribution >= 4 is 16.9 Å². The van der Waals surface area contributed by atoms with Gasteiger partial charge in [0.25, 0.3) is 0 Å². The highest BCUT2D eigenvalue weighted by Crippen LogP contribution is 2.31. The third-order valence-corrected chi connectivity index (χ3v) is 3.69. The molecule has 3 heterocycles. The van der Waals surface area contributed by atoms with Crippen molar-refractivity contribution in [1.29, 1.82) is 0 Å². The smallest absolute Gasteiger partial charge is 0.139 e. The molecule has 4 heteroatoms. The maximum absolute atomic E-state index is 4.58. The summed E-state index contributed by atoms with van der Waals surface area (Å²) in [6.45, 7) is 0. The molecular weight excluding hydrogens is 236 g/mol. The van der Waals surface area contributed by atoms with E-state index in [4.69, 9.17) is 0 Å². The molecule has 1 atom stereocenters. The number of aromatic nitrogens is 3. The fourth-order valence-corrected chi connectivity index (χ4v) is 2.74. The summed E-state index contributed by atoms with van der Waals surface area (Å²) in [5, 5.41) is 4.62. The highest BCUT2D eigenvalue weighted by molar-refractivity contribution is 5.77. The normalized spacial score (nSPS) is 17.6. The fraction of sp³-hybridized carbons (Fsp3) is 0.200. The average Bonchev–Trinajstić information content (AvgIpc) is 3.06. The molecule has 0 fully saturated rings. The second-order valence-corrected chi connectivity index (χ2v) is 4.90. The van der Waals surface area contributed by atoms with Crippen LogP contribution in [0.1, 0.15) is 23.7 Å². The van der Waals surface area contributed by atoms with E-state index < -0.39 is 0 Å². The van der Waals surface area contributed by atoms with Crippen LogP contribution in [0.25, 0.3) is 11.0 Å². The van der Waals surface area contributed by atoms with E-state index in [-0.39, 0.29) is 6.04 Å². The Kier molecular flexibility index (Phi) is 2.27. The van der Waals surface area contributed by atoms with E-state index in [1.807, 2.05) is 30.6 Å². The number of pyridine rings is 2. The summed E-state index contributed by atoms with van der Waals surface area (Å²) in [6.07, 6.45) is 5.94. The average molecular weight is 250 g/mol. The second-order valence-electron chi connectivity index (χ2n) is 4.90. The van der Waals surface area contributed by atoms with Gasteiger partial charge in [-0.05, 0) is 42.7 Å². The van der Waals surface area contributed by atoms with Gasteiger partial charge in [-0.25, -0.2) is 4.98 Å². The number of hydrogen-bond donors (Lipinski definition) is 2. The lowest BCUT2D eigenvalue weighted by Gasteiger charge is -2.13. The summed E-state index contributed by atoms with van der Waals surface area (Å²) in [6, 6.07) is 10.6. The minimum Gasteiger partial charge on any atom is -0.362 e. The molecule has 0 saturated carbocycles. The minimum atomic E-state index is 0.274. The number of aromatic amines is 1. The molecule has 19 heavy (non-hydrogen) atoms. The maximum Gasteiger partial charge on any atom is 0.139 e. The highest BCUT2D eigenvalue weighted by Gasteiger charge is 2.23. The van der Waals surface area contributed by atoms with Crippen LogP contribution in [0.5, 0.6) is 0 Å². The van der Waals surface area contributed by atoms with E-state index in [0.717, 1.165) is 35.4 Å². The molecule has 0 saturated heterocycles. The first-order chi connectivity index (χ1) is 9.40. The number of aryl methyl sites for hydroxylation is 1. The molecule has 0 amide bonds. The lowest BCUT2D eigenvalue weighted by molar-refractivity contribution is 0.742. The van der Waals surface area contributed by atoms with E-state index in [1.165, 1.54) is 5.56 Å². The first kappa shape index (κ1) is 10.6. The third kappa shape index (κ3) is 1.76. The second kappa shape index (κ2) is 4.09. The SMILES string of the molecule is c1cnc2c(c1)CCC2Nc1ccc2cc[nH]c2n1. The van der Waals surface area contributed by atoms with Gasteiger partial charge in [0.05, 0.1) is 11.7 Å². The summed E-state index contributed by atoms with van der Waals surface area (Å²) in [5.74, 6) is 0.901. The number of nitrogens with one attached hydrogen (secondary N) is 2. The quantitative estimate of drug-likeness (QED) is 0.735. The molecule has 0 spiro atoms. The molecule has 0 aliphatic heterocycles. The summed E-state index contributed by atoms with van der Waals surface area (Å²) >= 11 is 0. The van der Waals surface area contributed by atoms with Gasteiger partial charge in [-0.1, -0.05) is 6.07 Å². The van der Waals surface area contributed by atoms with Crippen LogP contribution in [-0.2, 0) is 6.42 Å². The van der Waals surface area contributed by atoms with Crippen LogP contribution in [0.3, 0.4) is 0 Å². The molecular formula is C15H14N4. The van der Waals surface area contributed by atoms with E-state index >= 15 is 0 Å². The standard InChI is InChI=1S/C15H14N4/c1-2-10-3-5-12(14(10)16-8-1)18-13-6-4-11-7-9-17-15(11)19-13/h1-2,4,6-9,12H,3,5H2,(H2,17,18,19). The Hall–Kier alpha value is -2.36. The molecule has 0 aromatic carbocycles. The van der Waals surface area contributed by atoms with E-state index in [2.05, 4.69) is 32.4 Å². The molecule has 3 aromatic heterocycles. The van der Waals surface area contributed by atoms with E-state index in [9.17, 15) is 0 Å². The van der Waals surface area contributed by atoms with E-state index in [0.29, 0.717) is 0 Å². The number of anilines is 1. The Morgan fingerprint density at radius 3 is 3.21 bits per heavy atom. The molecule has 4 nitrogen and oxygen atoms in total. The van der Waals surface area contributed by atoms with Gasteiger partial charge in [-0.15, -0.1) is 0 Å². The summed E-state index contributed by atoms with van der Waals surface area (Å²) in [5.41, 5.74) is 3.43. The van der Waals surface area contributed by atoms with Gasteiger partial charge in [0, 0.05) is 17.8 Å². The maximum atomic E-state index is 4.58. The van der Waals surface area contributed by atoms with Gasteiger partial charge >= 0.3 is 0 Å². The summed E-state index contributed by atoms with van der Waals surface area (Å²) in [4.78, 5) is 12.2. The zero-order valence-electron chi connectivity index (χ0n) is 10.4. The zero-order valence-corrected chi connectivity index (χ0v) is 10.4. The van der Waals surface area contributed by atoms with Crippen LogP contribution in [0.4, 0.5) is 5.82 Å². The predicted octanol–water partition coefficient (Wildman–Crippen LogP) is 3.06. The van der Waals surface area contributed by atoms with Gasteiger partial charge in [0.2, 0.25) is 0 Å². The van der Waals surface area contributed by atoms with Gasteiger partial charge in [-0.3, -0.25) is 4.98 Å². The Balaban J connectivity index is 1.65. The first-order valence-electron chi connectivity index (χ1n) is 6.54. The van der Waals surface area contributed by atoms with Crippen LogP contribution in [0.2, 0.25) is 0 Å². The molecule has 0 radical (unpaired) electrons. The van der Waals surface area contributed by atoms with Crippen molar-refractivity contribution in [3.63, 3.8) is 0 Å². The van der Waals surface area contributed by atoms with Gasteiger partial charge < -0.3 is 10.3 Å². The van der Waals surface area contributed by atoms with Crippen LogP contribution in [0, 0.1) is 0 Å².